The van der Waals surface area contributed by atoms with E-state index in [-0.39, 0.29) is 6.61 Å². The Labute approximate surface area is 162 Å². The van der Waals surface area contributed by atoms with Gasteiger partial charge in [0, 0.05) is 47.7 Å². The van der Waals surface area contributed by atoms with Gasteiger partial charge in [0.05, 0.1) is 23.4 Å². The van der Waals surface area contributed by atoms with Gasteiger partial charge in [-0.05, 0) is 36.5 Å². The number of nitrogens with zero attached hydrogens (tertiary/aromatic N) is 4. The molecule has 0 unspecified atom stereocenters. The molecule has 0 spiro atoms. The standard InChI is InChI=1S/C21H20N4OS/c22-10-16-2-1-3-18(19-11-23-7-4-17(19)13-26)21(16)25-8-5-15(6-9-25)20-12-24-14-27-20/h1-4,7,11-12,14-15,26H,5-6,8-9,13H2. The number of anilines is 1. The summed E-state index contributed by atoms with van der Waals surface area (Å²) in [5, 5.41) is 19.4. The Kier molecular flexibility index (Phi) is 5.14. The maximum absolute atomic E-state index is 9.74. The van der Waals surface area contributed by atoms with Crippen molar-refractivity contribution in [2.75, 3.05) is 18.0 Å². The third-order valence-electron chi connectivity index (χ3n) is 5.19. The summed E-state index contributed by atoms with van der Waals surface area (Å²) in [6, 6.07) is 9.95. The van der Waals surface area contributed by atoms with Gasteiger partial charge in [-0.3, -0.25) is 9.97 Å². The lowest BCUT2D eigenvalue weighted by molar-refractivity contribution is 0.282. The topological polar surface area (TPSA) is 73.0 Å². The highest BCUT2D eigenvalue weighted by atomic mass is 32.1. The second-order valence-electron chi connectivity index (χ2n) is 6.67. The van der Waals surface area contributed by atoms with Crippen LogP contribution in [0, 0.1) is 11.3 Å². The molecule has 3 aromatic rings. The molecule has 1 aliphatic heterocycles. The molecule has 0 atom stereocenters. The molecule has 1 aromatic carbocycles. The van der Waals surface area contributed by atoms with Gasteiger partial charge >= 0.3 is 0 Å². The molecule has 1 saturated heterocycles. The molecule has 0 saturated carbocycles. The zero-order chi connectivity index (χ0) is 18.6. The van der Waals surface area contributed by atoms with Gasteiger partial charge in [-0.2, -0.15) is 5.26 Å². The fraction of sp³-hybridized carbons (Fsp3) is 0.286. The highest BCUT2D eigenvalue weighted by Gasteiger charge is 2.25. The first kappa shape index (κ1) is 17.7. The number of nitriles is 1. The van der Waals surface area contributed by atoms with Gasteiger partial charge < -0.3 is 10.0 Å². The summed E-state index contributed by atoms with van der Waals surface area (Å²) in [5.41, 5.74) is 6.17. The number of piperidine rings is 1. The lowest BCUT2D eigenvalue weighted by atomic mass is 9.92. The Balaban J connectivity index is 1.70. The maximum atomic E-state index is 9.74. The molecule has 0 radical (unpaired) electrons. The molecule has 0 amide bonds. The van der Waals surface area contributed by atoms with E-state index in [1.54, 1.807) is 23.7 Å². The summed E-state index contributed by atoms with van der Waals surface area (Å²) in [7, 11) is 0. The lowest BCUT2D eigenvalue weighted by Crippen LogP contribution is -2.33. The van der Waals surface area contributed by atoms with E-state index >= 15 is 0 Å². The van der Waals surface area contributed by atoms with Crippen LogP contribution in [0.4, 0.5) is 5.69 Å². The van der Waals surface area contributed by atoms with Gasteiger partial charge in [-0.25, -0.2) is 0 Å². The minimum absolute atomic E-state index is 0.0540. The van der Waals surface area contributed by atoms with Gasteiger partial charge in [0.15, 0.2) is 0 Å². The van der Waals surface area contributed by atoms with Gasteiger partial charge in [0.25, 0.3) is 0 Å². The Hall–Kier alpha value is -2.75. The van der Waals surface area contributed by atoms with E-state index < -0.39 is 0 Å². The van der Waals surface area contributed by atoms with E-state index in [1.165, 1.54) is 4.88 Å². The number of rotatable bonds is 4. The summed E-state index contributed by atoms with van der Waals surface area (Å²) in [4.78, 5) is 12.1. The van der Waals surface area contributed by atoms with Gasteiger partial charge in [-0.1, -0.05) is 12.1 Å². The van der Waals surface area contributed by atoms with E-state index in [1.807, 2.05) is 36.0 Å². The molecule has 136 valence electrons. The summed E-state index contributed by atoms with van der Waals surface area (Å²) >= 11 is 1.72. The van der Waals surface area contributed by atoms with Crippen molar-refractivity contribution in [3.05, 3.63) is 64.4 Å². The molecule has 1 aliphatic rings. The highest BCUT2D eigenvalue weighted by molar-refractivity contribution is 7.09. The highest BCUT2D eigenvalue weighted by Crippen LogP contribution is 2.39. The maximum Gasteiger partial charge on any atom is 0.101 e. The van der Waals surface area contributed by atoms with Crippen molar-refractivity contribution in [3.63, 3.8) is 0 Å². The minimum atomic E-state index is -0.0540. The fourth-order valence-electron chi connectivity index (χ4n) is 3.81. The molecule has 5 nitrogen and oxygen atoms in total. The van der Waals surface area contributed by atoms with E-state index in [2.05, 4.69) is 20.9 Å². The zero-order valence-electron chi connectivity index (χ0n) is 14.9. The first-order chi connectivity index (χ1) is 13.3. The van der Waals surface area contributed by atoms with E-state index in [4.69, 9.17) is 0 Å². The van der Waals surface area contributed by atoms with Crippen molar-refractivity contribution in [1.82, 2.24) is 9.97 Å². The minimum Gasteiger partial charge on any atom is -0.392 e. The Morgan fingerprint density at radius 2 is 2.00 bits per heavy atom. The van der Waals surface area contributed by atoms with Crippen molar-refractivity contribution >= 4 is 17.0 Å². The molecule has 3 heterocycles. The molecule has 6 heteroatoms. The predicted molar refractivity (Wildman–Crippen MR) is 107 cm³/mol. The molecule has 1 N–H and O–H groups in total. The van der Waals surface area contributed by atoms with Crippen molar-refractivity contribution in [2.24, 2.45) is 0 Å². The summed E-state index contributed by atoms with van der Waals surface area (Å²) in [6.45, 7) is 1.73. The number of hydrogen-bond donors (Lipinski definition) is 1. The van der Waals surface area contributed by atoms with Crippen LogP contribution in [0.1, 0.15) is 34.8 Å². The van der Waals surface area contributed by atoms with E-state index in [0.29, 0.717) is 11.5 Å². The average Bonchev–Trinajstić information content (AvgIpc) is 3.28. The van der Waals surface area contributed by atoms with Crippen LogP contribution >= 0.6 is 11.3 Å². The van der Waals surface area contributed by atoms with E-state index in [9.17, 15) is 10.4 Å². The second kappa shape index (κ2) is 7.87. The van der Waals surface area contributed by atoms with Crippen molar-refractivity contribution in [3.8, 4) is 17.2 Å². The Bertz CT molecular complexity index is 957. The number of hydrogen-bond acceptors (Lipinski definition) is 6. The molecule has 4 rings (SSSR count). The largest absolute Gasteiger partial charge is 0.392 e. The zero-order valence-corrected chi connectivity index (χ0v) is 15.7. The van der Waals surface area contributed by atoms with Gasteiger partial charge in [-0.15, -0.1) is 11.3 Å². The number of aliphatic hydroxyl groups is 1. The third-order valence-corrected chi connectivity index (χ3v) is 6.13. The van der Waals surface area contributed by atoms with Crippen molar-refractivity contribution in [2.45, 2.75) is 25.4 Å². The number of aromatic nitrogens is 2. The first-order valence-electron chi connectivity index (χ1n) is 9.02. The van der Waals surface area contributed by atoms with E-state index in [0.717, 1.165) is 48.3 Å². The van der Waals surface area contributed by atoms with Crippen LogP contribution in [0.3, 0.4) is 0 Å². The Morgan fingerprint density at radius 1 is 1.15 bits per heavy atom. The first-order valence-corrected chi connectivity index (χ1v) is 9.90. The number of pyridine rings is 1. The van der Waals surface area contributed by atoms with Crippen LogP contribution in [0.25, 0.3) is 11.1 Å². The van der Waals surface area contributed by atoms with Gasteiger partial charge in [0.1, 0.15) is 6.07 Å². The summed E-state index contributed by atoms with van der Waals surface area (Å²) < 4.78 is 0. The molecular weight excluding hydrogens is 356 g/mol. The SMILES string of the molecule is N#Cc1cccc(-c2cnccc2CO)c1N1CCC(c2cncs2)CC1. The van der Waals surface area contributed by atoms with Crippen LogP contribution in [-0.2, 0) is 6.61 Å². The molecule has 27 heavy (non-hydrogen) atoms. The number of aliphatic hydroxyl groups excluding tert-OH is 1. The van der Waals surface area contributed by atoms with Crippen LogP contribution in [0.15, 0.2) is 48.4 Å². The monoisotopic (exact) mass is 376 g/mol. The van der Waals surface area contributed by atoms with Crippen LogP contribution in [-0.4, -0.2) is 28.2 Å². The van der Waals surface area contributed by atoms with Crippen LogP contribution in [0.5, 0.6) is 0 Å². The van der Waals surface area contributed by atoms with Crippen LogP contribution in [0.2, 0.25) is 0 Å². The molecule has 0 aliphatic carbocycles. The van der Waals surface area contributed by atoms with Gasteiger partial charge in [0.2, 0.25) is 0 Å². The molecular formula is C21H20N4OS. The van der Waals surface area contributed by atoms with Crippen LogP contribution < -0.4 is 4.90 Å². The number of benzene rings is 1. The average molecular weight is 376 g/mol. The van der Waals surface area contributed by atoms with Crippen molar-refractivity contribution < 1.29 is 5.11 Å². The molecule has 1 fully saturated rings. The number of para-hydroxylation sites is 1. The quantitative estimate of drug-likeness (QED) is 0.746. The predicted octanol–water partition coefficient (Wildman–Crippen LogP) is 3.95. The van der Waals surface area contributed by atoms with Crippen molar-refractivity contribution in [1.29, 1.82) is 5.26 Å². The Morgan fingerprint density at radius 3 is 2.70 bits per heavy atom. The summed E-state index contributed by atoms with van der Waals surface area (Å²) in [5.74, 6) is 0.540. The lowest BCUT2D eigenvalue weighted by Gasteiger charge is -2.35. The molecule has 2 aromatic heterocycles. The third kappa shape index (κ3) is 3.44. The summed E-state index contributed by atoms with van der Waals surface area (Å²) in [6.07, 6.45) is 7.52. The molecule has 0 bridgehead atoms. The fourth-order valence-corrected chi connectivity index (χ4v) is 4.60. The number of thiazole rings is 1. The second-order valence-corrected chi connectivity index (χ2v) is 7.59. The normalized spacial score (nSPS) is 14.9. The smallest absolute Gasteiger partial charge is 0.101 e.